The Hall–Kier alpha value is -1.10. The van der Waals surface area contributed by atoms with Crippen LogP contribution in [0.5, 0.6) is 0 Å². The van der Waals surface area contributed by atoms with Crippen molar-refractivity contribution in [1.29, 1.82) is 0 Å². The zero-order valence-corrected chi connectivity index (χ0v) is 11.6. The molecular weight excluding hydrogens is 246 g/mol. The third-order valence-corrected chi connectivity index (χ3v) is 4.59. The smallest absolute Gasteiger partial charge is 0.319 e. The van der Waals surface area contributed by atoms with Crippen LogP contribution in [0.15, 0.2) is 0 Å². The van der Waals surface area contributed by atoms with Crippen LogP contribution in [0.25, 0.3) is 0 Å². The van der Waals surface area contributed by atoms with Gasteiger partial charge in [-0.15, -0.1) is 0 Å². The van der Waals surface area contributed by atoms with E-state index in [0.717, 1.165) is 38.9 Å². The molecule has 1 aliphatic carbocycles. The Morgan fingerprint density at radius 1 is 1.32 bits per heavy atom. The van der Waals surface area contributed by atoms with Crippen LogP contribution in [-0.2, 0) is 14.3 Å². The van der Waals surface area contributed by atoms with Crippen LogP contribution in [0.4, 0.5) is 0 Å². The van der Waals surface area contributed by atoms with Crippen molar-refractivity contribution in [3.05, 3.63) is 0 Å². The molecule has 2 fully saturated rings. The maximum absolute atomic E-state index is 12.3. The van der Waals surface area contributed by atoms with Crippen LogP contribution in [0.1, 0.15) is 38.5 Å². The fraction of sp³-hybridized carbons (Fsp3) is 0.857. The largest absolute Gasteiger partial charge is 0.480 e. The molecule has 1 amide bonds. The van der Waals surface area contributed by atoms with Gasteiger partial charge in [0.1, 0.15) is 5.41 Å². The molecule has 108 valence electrons. The van der Waals surface area contributed by atoms with E-state index in [-0.39, 0.29) is 5.91 Å². The molecule has 0 bridgehead atoms. The van der Waals surface area contributed by atoms with Crippen LogP contribution >= 0.6 is 0 Å². The summed E-state index contributed by atoms with van der Waals surface area (Å²) in [5.74, 6) is -0.564. The van der Waals surface area contributed by atoms with Crippen molar-refractivity contribution in [2.45, 2.75) is 38.5 Å². The molecule has 0 aromatic heterocycles. The second kappa shape index (κ2) is 5.90. The molecule has 2 rings (SSSR count). The van der Waals surface area contributed by atoms with Crippen molar-refractivity contribution in [1.82, 2.24) is 4.90 Å². The third-order valence-electron chi connectivity index (χ3n) is 4.59. The molecule has 0 radical (unpaired) electrons. The summed E-state index contributed by atoms with van der Waals surface area (Å²) in [4.78, 5) is 25.2. The zero-order valence-electron chi connectivity index (χ0n) is 11.6. The van der Waals surface area contributed by atoms with E-state index < -0.39 is 11.4 Å². The zero-order chi connectivity index (χ0) is 13.9. The number of ether oxygens (including phenoxy) is 1. The van der Waals surface area contributed by atoms with Gasteiger partial charge in [-0.2, -0.15) is 0 Å². The summed E-state index contributed by atoms with van der Waals surface area (Å²) in [6.45, 7) is 2.27. The molecular formula is C14H23NO4. The first kappa shape index (κ1) is 14.3. The van der Waals surface area contributed by atoms with Crippen molar-refractivity contribution in [3.63, 3.8) is 0 Å². The molecule has 5 heteroatoms. The summed E-state index contributed by atoms with van der Waals surface area (Å²) < 4.78 is 5.31. The van der Waals surface area contributed by atoms with Crippen molar-refractivity contribution in [2.24, 2.45) is 11.3 Å². The number of aliphatic carboxylic acids is 1. The molecule has 2 aliphatic rings. The number of carboxylic acids is 1. The van der Waals surface area contributed by atoms with Crippen LogP contribution in [-0.4, -0.2) is 48.7 Å². The molecule has 0 spiro atoms. The Balaban J connectivity index is 1.83. The summed E-state index contributed by atoms with van der Waals surface area (Å²) in [7, 11) is 1.73. The standard InChI is InChI=1S/C14H23NO4/c1-15(8-3-11-4-9-19-10-5-11)12(16)14(13(17)18)6-2-7-14/h11H,2-10H2,1H3,(H,17,18). The first-order valence-corrected chi connectivity index (χ1v) is 7.13. The van der Waals surface area contributed by atoms with Gasteiger partial charge in [0.2, 0.25) is 5.91 Å². The molecule has 0 atom stereocenters. The summed E-state index contributed by atoms with van der Waals surface area (Å²) in [6, 6.07) is 0. The maximum Gasteiger partial charge on any atom is 0.319 e. The fourth-order valence-electron chi connectivity index (χ4n) is 2.93. The van der Waals surface area contributed by atoms with Gasteiger partial charge in [-0.3, -0.25) is 9.59 Å². The van der Waals surface area contributed by atoms with Crippen molar-refractivity contribution < 1.29 is 19.4 Å². The van der Waals surface area contributed by atoms with Gasteiger partial charge < -0.3 is 14.7 Å². The Morgan fingerprint density at radius 3 is 2.42 bits per heavy atom. The number of hydrogen-bond acceptors (Lipinski definition) is 3. The molecule has 1 heterocycles. The number of carbonyl (C=O) groups excluding carboxylic acids is 1. The van der Waals surface area contributed by atoms with E-state index in [1.165, 1.54) is 0 Å². The molecule has 19 heavy (non-hydrogen) atoms. The van der Waals surface area contributed by atoms with Gasteiger partial charge in [0.05, 0.1) is 0 Å². The number of carbonyl (C=O) groups is 2. The Labute approximate surface area is 113 Å². The molecule has 1 saturated heterocycles. The van der Waals surface area contributed by atoms with Crippen LogP contribution in [0.3, 0.4) is 0 Å². The lowest BCUT2D eigenvalue weighted by atomic mass is 9.68. The second-order valence-electron chi connectivity index (χ2n) is 5.81. The minimum atomic E-state index is -1.12. The van der Waals surface area contributed by atoms with E-state index in [0.29, 0.717) is 25.3 Å². The summed E-state index contributed by atoms with van der Waals surface area (Å²) in [6.07, 6.45) is 4.86. The lowest BCUT2D eigenvalue weighted by Gasteiger charge is -2.39. The van der Waals surface area contributed by atoms with E-state index in [1.807, 2.05) is 0 Å². The second-order valence-corrected chi connectivity index (χ2v) is 5.81. The van der Waals surface area contributed by atoms with Gasteiger partial charge >= 0.3 is 5.97 Å². The first-order valence-electron chi connectivity index (χ1n) is 7.13. The van der Waals surface area contributed by atoms with Gasteiger partial charge in [0.15, 0.2) is 0 Å². The number of carboxylic acid groups (broad SMARTS) is 1. The Bertz CT molecular complexity index is 345. The highest BCUT2D eigenvalue weighted by Crippen LogP contribution is 2.42. The van der Waals surface area contributed by atoms with Crippen LogP contribution < -0.4 is 0 Å². The van der Waals surface area contributed by atoms with E-state index in [9.17, 15) is 14.7 Å². The average molecular weight is 269 g/mol. The molecule has 1 saturated carbocycles. The highest BCUT2D eigenvalue weighted by Gasteiger charge is 2.52. The molecule has 0 aromatic rings. The van der Waals surface area contributed by atoms with Crippen molar-refractivity contribution >= 4 is 11.9 Å². The van der Waals surface area contributed by atoms with Gasteiger partial charge in [-0.25, -0.2) is 0 Å². The Kier molecular flexibility index (Phi) is 4.45. The monoisotopic (exact) mass is 269 g/mol. The predicted molar refractivity (Wildman–Crippen MR) is 69.7 cm³/mol. The van der Waals surface area contributed by atoms with Gasteiger partial charge in [-0.1, -0.05) is 6.42 Å². The van der Waals surface area contributed by atoms with E-state index >= 15 is 0 Å². The molecule has 5 nitrogen and oxygen atoms in total. The highest BCUT2D eigenvalue weighted by molar-refractivity contribution is 6.02. The predicted octanol–water partition coefficient (Wildman–Crippen LogP) is 1.52. The van der Waals surface area contributed by atoms with Crippen molar-refractivity contribution in [2.75, 3.05) is 26.8 Å². The van der Waals surface area contributed by atoms with E-state index in [1.54, 1.807) is 11.9 Å². The number of amides is 1. The fourth-order valence-corrected chi connectivity index (χ4v) is 2.93. The quantitative estimate of drug-likeness (QED) is 0.768. The van der Waals surface area contributed by atoms with E-state index in [2.05, 4.69) is 0 Å². The lowest BCUT2D eigenvalue weighted by Crippen LogP contribution is -2.51. The maximum atomic E-state index is 12.3. The molecule has 0 aromatic carbocycles. The van der Waals surface area contributed by atoms with Crippen molar-refractivity contribution in [3.8, 4) is 0 Å². The average Bonchev–Trinajstić information content (AvgIpc) is 2.35. The SMILES string of the molecule is CN(CCC1CCOCC1)C(=O)C1(C(=O)O)CCC1. The molecule has 0 unspecified atom stereocenters. The van der Waals surface area contributed by atoms with Gasteiger partial charge in [-0.05, 0) is 38.0 Å². The molecule has 1 aliphatic heterocycles. The van der Waals surface area contributed by atoms with Crippen LogP contribution in [0.2, 0.25) is 0 Å². The number of nitrogens with zero attached hydrogens (tertiary/aromatic N) is 1. The normalized spacial score (nSPS) is 22.6. The minimum absolute atomic E-state index is 0.210. The van der Waals surface area contributed by atoms with Gasteiger partial charge in [0.25, 0.3) is 0 Å². The topological polar surface area (TPSA) is 66.8 Å². The number of rotatable bonds is 5. The summed E-state index contributed by atoms with van der Waals surface area (Å²) in [5.41, 5.74) is -1.12. The Morgan fingerprint density at radius 2 is 1.95 bits per heavy atom. The highest BCUT2D eigenvalue weighted by atomic mass is 16.5. The lowest BCUT2D eigenvalue weighted by molar-refractivity contribution is -0.166. The minimum Gasteiger partial charge on any atom is -0.480 e. The van der Waals surface area contributed by atoms with Crippen LogP contribution in [0, 0.1) is 11.3 Å². The van der Waals surface area contributed by atoms with E-state index in [4.69, 9.17) is 4.74 Å². The molecule has 1 N–H and O–H groups in total. The summed E-state index contributed by atoms with van der Waals surface area (Å²) >= 11 is 0. The summed E-state index contributed by atoms with van der Waals surface area (Å²) in [5, 5.41) is 9.26. The first-order chi connectivity index (χ1) is 9.06. The van der Waals surface area contributed by atoms with Gasteiger partial charge in [0, 0.05) is 26.8 Å². The third kappa shape index (κ3) is 2.91. The number of hydrogen-bond donors (Lipinski definition) is 1.